The van der Waals surface area contributed by atoms with E-state index in [-0.39, 0.29) is 24.3 Å². The van der Waals surface area contributed by atoms with Gasteiger partial charge in [0.1, 0.15) is 12.6 Å². The number of piperidine rings is 1. The molecule has 3 amide bonds. The van der Waals surface area contributed by atoms with Crippen molar-refractivity contribution < 1.29 is 14.4 Å². The van der Waals surface area contributed by atoms with Crippen molar-refractivity contribution in [3.05, 3.63) is 54.1 Å². The summed E-state index contributed by atoms with van der Waals surface area (Å²) in [6, 6.07) is 14.4. The molecule has 0 aliphatic carbocycles. The standard InChI is InChI=1S/C25H28N4O3/c30-23(26-18-10-12-19(13-11-18)27-14-4-1-5-15-27)17-29-21-8-3-2-7-20(21)24(31)28-16-6-9-22(28)25(29)32/h2-3,7-8,10-13,22H,1,4-6,9,14-17H2,(H,26,30)/t22-/m0/s1. The van der Waals surface area contributed by atoms with Crippen LogP contribution < -0.4 is 15.1 Å². The number of para-hydroxylation sites is 1. The summed E-state index contributed by atoms with van der Waals surface area (Å²) in [5.74, 6) is -0.596. The fourth-order valence-electron chi connectivity index (χ4n) is 5.02. The van der Waals surface area contributed by atoms with Crippen LogP contribution in [0.5, 0.6) is 0 Å². The lowest BCUT2D eigenvalue weighted by molar-refractivity contribution is -0.124. The Morgan fingerprint density at radius 1 is 0.906 bits per heavy atom. The number of hydrogen-bond donors (Lipinski definition) is 1. The lowest BCUT2D eigenvalue weighted by atomic mass is 10.1. The number of anilines is 3. The van der Waals surface area contributed by atoms with Crippen LogP contribution in [0.25, 0.3) is 0 Å². The van der Waals surface area contributed by atoms with Gasteiger partial charge in [0, 0.05) is 31.0 Å². The van der Waals surface area contributed by atoms with Crippen molar-refractivity contribution in [2.75, 3.05) is 41.3 Å². The van der Waals surface area contributed by atoms with Gasteiger partial charge in [-0.1, -0.05) is 12.1 Å². The van der Waals surface area contributed by atoms with E-state index in [2.05, 4.69) is 10.2 Å². The number of carbonyl (C=O) groups excluding carboxylic acids is 3. The van der Waals surface area contributed by atoms with Crippen LogP contribution in [0.15, 0.2) is 48.5 Å². The van der Waals surface area contributed by atoms with Crippen LogP contribution in [0.3, 0.4) is 0 Å². The van der Waals surface area contributed by atoms with Crippen LogP contribution in [0.4, 0.5) is 17.1 Å². The summed E-state index contributed by atoms with van der Waals surface area (Å²) in [4.78, 5) is 44.7. The molecule has 2 aromatic carbocycles. The van der Waals surface area contributed by atoms with Crippen molar-refractivity contribution in [2.45, 2.75) is 38.1 Å². The molecule has 3 aliphatic rings. The topological polar surface area (TPSA) is 73.0 Å². The molecule has 7 nitrogen and oxygen atoms in total. The molecule has 3 aliphatic heterocycles. The number of amides is 3. The molecular weight excluding hydrogens is 404 g/mol. The van der Waals surface area contributed by atoms with Crippen molar-refractivity contribution in [3.63, 3.8) is 0 Å². The summed E-state index contributed by atoms with van der Waals surface area (Å²) >= 11 is 0. The first-order chi connectivity index (χ1) is 15.6. The Morgan fingerprint density at radius 2 is 1.66 bits per heavy atom. The maximum Gasteiger partial charge on any atom is 0.256 e. The Bertz CT molecular complexity index is 1030. The Balaban J connectivity index is 1.32. The fraction of sp³-hybridized carbons (Fsp3) is 0.400. The van der Waals surface area contributed by atoms with E-state index in [0.29, 0.717) is 29.9 Å². The number of rotatable bonds is 4. The van der Waals surface area contributed by atoms with E-state index in [1.165, 1.54) is 29.8 Å². The fourth-order valence-corrected chi connectivity index (χ4v) is 5.02. The molecule has 0 bridgehead atoms. The number of hydrogen-bond acceptors (Lipinski definition) is 4. The minimum Gasteiger partial charge on any atom is -0.372 e. The molecular formula is C25H28N4O3. The van der Waals surface area contributed by atoms with Gasteiger partial charge in [0.25, 0.3) is 5.91 Å². The van der Waals surface area contributed by atoms with Gasteiger partial charge in [-0.15, -0.1) is 0 Å². The molecule has 1 atom stereocenters. The summed E-state index contributed by atoms with van der Waals surface area (Å²) in [5.41, 5.74) is 2.85. The van der Waals surface area contributed by atoms with E-state index < -0.39 is 6.04 Å². The van der Waals surface area contributed by atoms with Gasteiger partial charge in [-0.3, -0.25) is 14.4 Å². The Labute approximate surface area is 188 Å². The molecule has 0 unspecified atom stereocenters. The van der Waals surface area contributed by atoms with Gasteiger partial charge in [-0.05, 0) is 68.5 Å². The van der Waals surface area contributed by atoms with E-state index in [1.54, 1.807) is 29.2 Å². The lowest BCUT2D eigenvalue weighted by Crippen LogP contribution is -2.47. The molecule has 1 N–H and O–H groups in total. The molecule has 2 aromatic rings. The average molecular weight is 433 g/mol. The van der Waals surface area contributed by atoms with Crippen molar-refractivity contribution in [1.29, 1.82) is 0 Å². The zero-order valence-electron chi connectivity index (χ0n) is 18.1. The maximum absolute atomic E-state index is 13.3. The van der Waals surface area contributed by atoms with Crippen molar-refractivity contribution in [2.24, 2.45) is 0 Å². The lowest BCUT2D eigenvalue weighted by Gasteiger charge is -2.29. The predicted molar refractivity (Wildman–Crippen MR) is 124 cm³/mol. The monoisotopic (exact) mass is 432 g/mol. The summed E-state index contributed by atoms with van der Waals surface area (Å²) < 4.78 is 0. The van der Waals surface area contributed by atoms with Crippen molar-refractivity contribution >= 4 is 34.8 Å². The van der Waals surface area contributed by atoms with E-state index in [1.807, 2.05) is 24.3 Å². The maximum atomic E-state index is 13.3. The van der Waals surface area contributed by atoms with Gasteiger partial charge in [-0.25, -0.2) is 0 Å². The molecule has 2 saturated heterocycles. The summed E-state index contributed by atoms with van der Waals surface area (Å²) in [5, 5.41) is 2.91. The number of nitrogens with zero attached hydrogens (tertiary/aromatic N) is 3. The molecule has 0 spiro atoms. The summed E-state index contributed by atoms with van der Waals surface area (Å²) in [7, 11) is 0. The van der Waals surface area contributed by atoms with E-state index >= 15 is 0 Å². The molecule has 166 valence electrons. The quantitative estimate of drug-likeness (QED) is 0.805. The van der Waals surface area contributed by atoms with E-state index in [4.69, 9.17) is 0 Å². The van der Waals surface area contributed by atoms with Crippen LogP contribution in [0, 0.1) is 0 Å². The van der Waals surface area contributed by atoms with Gasteiger partial charge in [0.05, 0.1) is 11.3 Å². The number of nitrogens with one attached hydrogen (secondary N) is 1. The third kappa shape index (κ3) is 3.83. The predicted octanol–water partition coefficient (Wildman–Crippen LogP) is 3.27. The molecule has 32 heavy (non-hydrogen) atoms. The number of fused-ring (bicyclic) bond motifs is 2. The Morgan fingerprint density at radius 3 is 2.44 bits per heavy atom. The second-order valence-electron chi connectivity index (χ2n) is 8.74. The molecule has 7 heteroatoms. The summed E-state index contributed by atoms with van der Waals surface area (Å²) in [6.07, 6.45) is 5.14. The highest BCUT2D eigenvalue weighted by Gasteiger charge is 2.42. The normalized spacial score (nSPS) is 20.6. The van der Waals surface area contributed by atoms with E-state index in [0.717, 1.165) is 19.5 Å². The van der Waals surface area contributed by atoms with Crippen LogP contribution in [-0.4, -0.2) is 54.8 Å². The Kier molecular flexibility index (Phi) is 5.55. The van der Waals surface area contributed by atoms with Gasteiger partial charge < -0.3 is 20.0 Å². The highest BCUT2D eigenvalue weighted by Crippen LogP contribution is 2.32. The summed E-state index contributed by atoms with van der Waals surface area (Å²) in [6.45, 7) is 2.59. The van der Waals surface area contributed by atoms with Crippen LogP contribution in [-0.2, 0) is 9.59 Å². The van der Waals surface area contributed by atoms with Crippen molar-refractivity contribution in [1.82, 2.24) is 4.90 Å². The number of carbonyl (C=O) groups is 3. The van der Waals surface area contributed by atoms with Gasteiger partial charge in [0.15, 0.2) is 0 Å². The highest BCUT2D eigenvalue weighted by molar-refractivity contribution is 6.13. The smallest absolute Gasteiger partial charge is 0.256 e. The largest absolute Gasteiger partial charge is 0.372 e. The molecule has 3 heterocycles. The van der Waals surface area contributed by atoms with Crippen molar-refractivity contribution in [3.8, 4) is 0 Å². The van der Waals surface area contributed by atoms with E-state index in [9.17, 15) is 14.4 Å². The first-order valence-corrected chi connectivity index (χ1v) is 11.5. The van der Waals surface area contributed by atoms with Gasteiger partial charge in [0.2, 0.25) is 11.8 Å². The third-order valence-corrected chi connectivity index (χ3v) is 6.66. The molecule has 0 aromatic heterocycles. The van der Waals surface area contributed by atoms with Gasteiger partial charge in [-0.2, -0.15) is 0 Å². The minimum absolute atomic E-state index is 0.124. The number of benzene rings is 2. The first kappa shape index (κ1) is 20.5. The highest BCUT2D eigenvalue weighted by atomic mass is 16.2. The third-order valence-electron chi connectivity index (χ3n) is 6.66. The molecule has 0 radical (unpaired) electrons. The van der Waals surface area contributed by atoms with Crippen LogP contribution in [0.2, 0.25) is 0 Å². The zero-order chi connectivity index (χ0) is 22.1. The van der Waals surface area contributed by atoms with Crippen LogP contribution >= 0.6 is 0 Å². The second kappa shape index (κ2) is 8.65. The average Bonchev–Trinajstić information content (AvgIpc) is 3.30. The molecule has 5 rings (SSSR count). The zero-order valence-corrected chi connectivity index (χ0v) is 18.1. The molecule has 0 saturated carbocycles. The second-order valence-corrected chi connectivity index (χ2v) is 8.74. The van der Waals surface area contributed by atoms with Crippen LogP contribution in [0.1, 0.15) is 42.5 Å². The SMILES string of the molecule is O=C(CN1C(=O)[C@@H]2CCCN2C(=O)c2ccccc21)Nc1ccc(N2CCCCC2)cc1. The Hall–Kier alpha value is -3.35. The first-order valence-electron chi connectivity index (χ1n) is 11.5. The minimum atomic E-state index is -0.494. The van der Waals surface area contributed by atoms with Gasteiger partial charge >= 0.3 is 0 Å². The molecule has 2 fully saturated rings.